The molecule has 19 heavy (non-hydrogen) atoms. The fourth-order valence-electron chi connectivity index (χ4n) is 1.76. The number of carbonyl (C=O) groups excluding carboxylic acids is 1. The SMILES string of the molecule is CCOCCN(C)C(=O)C(C#N)Cc1ccccc1. The van der Waals surface area contributed by atoms with Crippen LogP contribution in [0.4, 0.5) is 0 Å². The van der Waals surface area contributed by atoms with Crippen LogP contribution < -0.4 is 0 Å². The zero-order chi connectivity index (χ0) is 14.1. The van der Waals surface area contributed by atoms with Gasteiger partial charge in [0.2, 0.25) is 5.91 Å². The summed E-state index contributed by atoms with van der Waals surface area (Å²) in [5, 5.41) is 9.15. The Morgan fingerprint density at radius 1 is 1.42 bits per heavy atom. The molecule has 4 heteroatoms. The van der Waals surface area contributed by atoms with Crippen molar-refractivity contribution >= 4 is 5.91 Å². The van der Waals surface area contributed by atoms with Crippen LogP contribution in [0.3, 0.4) is 0 Å². The number of rotatable bonds is 7. The zero-order valence-corrected chi connectivity index (χ0v) is 11.5. The summed E-state index contributed by atoms with van der Waals surface area (Å²) >= 11 is 0. The molecule has 0 heterocycles. The molecule has 0 bridgehead atoms. The maximum absolute atomic E-state index is 12.1. The van der Waals surface area contributed by atoms with Gasteiger partial charge in [-0.05, 0) is 18.9 Å². The van der Waals surface area contributed by atoms with Crippen molar-refractivity contribution in [3.63, 3.8) is 0 Å². The van der Waals surface area contributed by atoms with Crippen molar-refractivity contribution in [3.05, 3.63) is 35.9 Å². The van der Waals surface area contributed by atoms with Gasteiger partial charge in [-0.2, -0.15) is 5.26 Å². The molecule has 0 aromatic heterocycles. The normalized spacial score (nSPS) is 11.6. The van der Waals surface area contributed by atoms with E-state index in [4.69, 9.17) is 10.00 Å². The van der Waals surface area contributed by atoms with E-state index >= 15 is 0 Å². The predicted molar refractivity (Wildman–Crippen MR) is 73.4 cm³/mol. The third-order valence-corrected chi connectivity index (χ3v) is 2.89. The summed E-state index contributed by atoms with van der Waals surface area (Å²) in [7, 11) is 1.71. The lowest BCUT2D eigenvalue weighted by Crippen LogP contribution is -2.35. The van der Waals surface area contributed by atoms with Gasteiger partial charge < -0.3 is 9.64 Å². The molecule has 0 radical (unpaired) electrons. The Morgan fingerprint density at radius 2 is 2.11 bits per heavy atom. The zero-order valence-electron chi connectivity index (χ0n) is 11.5. The molecule has 1 aromatic rings. The summed E-state index contributed by atoms with van der Waals surface area (Å²) in [5.74, 6) is -0.778. The van der Waals surface area contributed by atoms with Crippen molar-refractivity contribution in [2.24, 2.45) is 5.92 Å². The first-order valence-corrected chi connectivity index (χ1v) is 6.45. The van der Waals surface area contributed by atoms with Gasteiger partial charge in [0.05, 0.1) is 12.7 Å². The lowest BCUT2D eigenvalue weighted by atomic mass is 9.99. The van der Waals surface area contributed by atoms with E-state index in [0.29, 0.717) is 26.2 Å². The first-order valence-electron chi connectivity index (χ1n) is 6.45. The van der Waals surface area contributed by atoms with Crippen molar-refractivity contribution in [1.29, 1.82) is 5.26 Å². The highest BCUT2D eigenvalue weighted by molar-refractivity contribution is 5.81. The van der Waals surface area contributed by atoms with Gasteiger partial charge in [-0.3, -0.25) is 4.79 Å². The highest BCUT2D eigenvalue weighted by atomic mass is 16.5. The maximum atomic E-state index is 12.1. The number of amides is 1. The summed E-state index contributed by atoms with van der Waals surface area (Å²) in [6, 6.07) is 11.7. The molecule has 0 fully saturated rings. The molecule has 1 aromatic carbocycles. The molecular formula is C15H20N2O2. The number of nitrogens with zero attached hydrogens (tertiary/aromatic N) is 2. The third-order valence-electron chi connectivity index (χ3n) is 2.89. The molecule has 1 unspecified atom stereocenters. The number of likely N-dealkylation sites (N-methyl/N-ethyl adjacent to an activating group) is 1. The van der Waals surface area contributed by atoms with Crippen molar-refractivity contribution < 1.29 is 9.53 Å². The van der Waals surface area contributed by atoms with Crippen LogP contribution in [-0.2, 0) is 16.0 Å². The van der Waals surface area contributed by atoms with Crippen LogP contribution >= 0.6 is 0 Å². The molecule has 0 aliphatic rings. The molecular weight excluding hydrogens is 240 g/mol. The van der Waals surface area contributed by atoms with Gasteiger partial charge in [0.15, 0.2) is 0 Å². The average Bonchev–Trinajstić information content (AvgIpc) is 2.45. The Labute approximate surface area is 114 Å². The van der Waals surface area contributed by atoms with Crippen LogP contribution in [0, 0.1) is 17.2 Å². The standard InChI is InChI=1S/C15H20N2O2/c1-3-19-10-9-17(2)15(18)14(12-16)11-13-7-5-4-6-8-13/h4-8,14H,3,9-11H2,1-2H3. The van der Waals surface area contributed by atoms with Gasteiger partial charge in [0.25, 0.3) is 0 Å². The quantitative estimate of drug-likeness (QED) is 0.703. The Morgan fingerprint density at radius 3 is 2.68 bits per heavy atom. The Kier molecular flexibility index (Phi) is 6.62. The molecule has 0 N–H and O–H groups in total. The lowest BCUT2D eigenvalue weighted by Gasteiger charge is -2.20. The predicted octanol–water partition coefficient (Wildman–Crippen LogP) is 1.86. The monoisotopic (exact) mass is 260 g/mol. The number of hydrogen-bond acceptors (Lipinski definition) is 3. The number of ether oxygens (including phenoxy) is 1. The van der Waals surface area contributed by atoms with Crippen LogP contribution in [0.1, 0.15) is 12.5 Å². The second kappa shape index (κ2) is 8.28. The van der Waals surface area contributed by atoms with Crippen molar-refractivity contribution in [2.75, 3.05) is 26.8 Å². The highest BCUT2D eigenvalue weighted by Crippen LogP contribution is 2.10. The van der Waals surface area contributed by atoms with Gasteiger partial charge in [0, 0.05) is 20.2 Å². The van der Waals surface area contributed by atoms with Crippen molar-refractivity contribution in [3.8, 4) is 6.07 Å². The molecule has 0 aliphatic heterocycles. The fourth-order valence-corrected chi connectivity index (χ4v) is 1.76. The van der Waals surface area contributed by atoms with E-state index in [9.17, 15) is 4.79 Å². The lowest BCUT2D eigenvalue weighted by molar-refractivity contribution is -0.133. The van der Waals surface area contributed by atoms with E-state index in [-0.39, 0.29) is 5.91 Å². The molecule has 0 aliphatic carbocycles. The molecule has 1 rings (SSSR count). The Balaban J connectivity index is 2.55. The third kappa shape index (κ3) is 5.11. The van der Waals surface area contributed by atoms with Gasteiger partial charge in [0.1, 0.15) is 5.92 Å². The van der Waals surface area contributed by atoms with E-state index in [0.717, 1.165) is 5.56 Å². The van der Waals surface area contributed by atoms with Gasteiger partial charge in [-0.25, -0.2) is 0 Å². The number of hydrogen-bond donors (Lipinski definition) is 0. The molecule has 102 valence electrons. The van der Waals surface area contributed by atoms with E-state index < -0.39 is 5.92 Å². The van der Waals surface area contributed by atoms with E-state index in [2.05, 4.69) is 6.07 Å². The first kappa shape index (κ1) is 15.2. The molecule has 0 saturated carbocycles. The minimum Gasteiger partial charge on any atom is -0.380 e. The van der Waals surface area contributed by atoms with E-state index in [1.54, 1.807) is 11.9 Å². The highest BCUT2D eigenvalue weighted by Gasteiger charge is 2.21. The second-order valence-electron chi connectivity index (χ2n) is 4.33. The van der Waals surface area contributed by atoms with Crippen LogP contribution in [0.25, 0.3) is 0 Å². The first-order chi connectivity index (χ1) is 9.19. The van der Waals surface area contributed by atoms with Crippen molar-refractivity contribution in [1.82, 2.24) is 4.90 Å². The maximum Gasteiger partial charge on any atom is 0.240 e. The largest absolute Gasteiger partial charge is 0.380 e. The number of nitriles is 1. The average molecular weight is 260 g/mol. The van der Waals surface area contributed by atoms with Crippen molar-refractivity contribution in [2.45, 2.75) is 13.3 Å². The molecule has 1 atom stereocenters. The second-order valence-corrected chi connectivity index (χ2v) is 4.33. The smallest absolute Gasteiger partial charge is 0.240 e. The van der Waals surface area contributed by atoms with Crippen LogP contribution in [-0.4, -0.2) is 37.6 Å². The number of benzene rings is 1. The van der Waals surface area contributed by atoms with Crippen LogP contribution in [0.5, 0.6) is 0 Å². The van der Waals surface area contributed by atoms with E-state index in [1.165, 1.54) is 0 Å². The Hall–Kier alpha value is -1.86. The molecule has 0 spiro atoms. The number of carbonyl (C=O) groups is 1. The van der Waals surface area contributed by atoms with Gasteiger partial charge in [-0.1, -0.05) is 30.3 Å². The molecule has 4 nitrogen and oxygen atoms in total. The summed E-state index contributed by atoms with van der Waals surface area (Å²) < 4.78 is 5.21. The molecule has 0 saturated heterocycles. The van der Waals surface area contributed by atoms with Crippen LogP contribution in [0.15, 0.2) is 30.3 Å². The van der Waals surface area contributed by atoms with E-state index in [1.807, 2.05) is 37.3 Å². The minimum absolute atomic E-state index is 0.147. The summed E-state index contributed by atoms with van der Waals surface area (Å²) in [6.07, 6.45) is 0.454. The minimum atomic E-state index is -0.631. The van der Waals surface area contributed by atoms with Gasteiger partial charge >= 0.3 is 0 Å². The topological polar surface area (TPSA) is 53.3 Å². The summed E-state index contributed by atoms with van der Waals surface area (Å²) in [6.45, 7) is 3.56. The Bertz CT molecular complexity index is 426. The summed E-state index contributed by atoms with van der Waals surface area (Å²) in [4.78, 5) is 13.7. The fraction of sp³-hybridized carbons (Fsp3) is 0.467. The molecule has 1 amide bonds. The van der Waals surface area contributed by atoms with Gasteiger partial charge in [-0.15, -0.1) is 0 Å². The van der Waals surface area contributed by atoms with Crippen LogP contribution in [0.2, 0.25) is 0 Å². The summed E-state index contributed by atoms with van der Waals surface area (Å²) in [5.41, 5.74) is 1.00.